The van der Waals surface area contributed by atoms with Gasteiger partial charge in [-0.25, -0.2) is 9.48 Å². The molecule has 0 unspecified atom stereocenters. The van der Waals surface area contributed by atoms with Gasteiger partial charge in [0.1, 0.15) is 0 Å². The molecule has 2 amide bonds. The van der Waals surface area contributed by atoms with Gasteiger partial charge < -0.3 is 15.3 Å². The third kappa shape index (κ3) is 3.82. The molecule has 0 spiro atoms. The van der Waals surface area contributed by atoms with Gasteiger partial charge in [-0.3, -0.25) is 0 Å². The molecule has 3 rings (SSSR count). The molecule has 2 aromatic rings. The Morgan fingerprint density at radius 1 is 1.36 bits per heavy atom. The molecule has 0 aliphatic carbocycles. The number of hydrogen-bond donors (Lipinski definition) is 2. The number of nitrogens with zero attached hydrogens (tertiary/aromatic N) is 4. The molecule has 25 heavy (non-hydrogen) atoms. The highest BCUT2D eigenvalue weighted by molar-refractivity contribution is 5.75. The number of carbonyl (C=O) groups excluding carboxylic acids is 1. The molecule has 1 aliphatic rings. The van der Waals surface area contributed by atoms with Crippen LogP contribution in [-0.2, 0) is 0 Å². The van der Waals surface area contributed by atoms with Crippen LogP contribution >= 0.6 is 0 Å². The van der Waals surface area contributed by atoms with Crippen LogP contribution in [0.2, 0.25) is 0 Å². The smallest absolute Gasteiger partial charge is 0.318 e. The highest BCUT2D eigenvalue weighted by Gasteiger charge is 2.38. The minimum absolute atomic E-state index is 0.125. The normalized spacial score (nSPS) is 19.0. The molecule has 2 heterocycles. The first-order chi connectivity index (χ1) is 11.9. The lowest BCUT2D eigenvalue weighted by Crippen LogP contribution is -2.51. The van der Waals surface area contributed by atoms with E-state index in [1.165, 1.54) is 0 Å². The second-order valence-electron chi connectivity index (χ2n) is 7.12. The van der Waals surface area contributed by atoms with Crippen molar-refractivity contribution in [3.05, 3.63) is 42.2 Å². The van der Waals surface area contributed by atoms with E-state index in [-0.39, 0.29) is 18.1 Å². The number of rotatable bonds is 4. The summed E-state index contributed by atoms with van der Waals surface area (Å²) in [5, 5.41) is 21.1. The van der Waals surface area contributed by atoms with E-state index in [1.807, 2.05) is 31.2 Å². The van der Waals surface area contributed by atoms with Crippen molar-refractivity contribution >= 4 is 6.03 Å². The van der Waals surface area contributed by atoms with Crippen molar-refractivity contribution in [2.75, 3.05) is 6.54 Å². The summed E-state index contributed by atoms with van der Waals surface area (Å²) >= 11 is 0. The molecule has 2 atom stereocenters. The standard InChI is InChI=1S/C18H25N5O2/c1-13(14-6-8-15(9-7-14)23-12-10-19-21-23)20-17(24)22-11-4-5-16(22)18(2,3)25/h6-10,12-13,16,25H,4-5,11H2,1-3H3,(H,20,24)/t13-,16-/m1/s1. The molecule has 1 aromatic heterocycles. The van der Waals surface area contributed by atoms with E-state index in [2.05, 4.69) is 15.6 Å². The van der Waals surface area contributed by atoms with Crippen LogP contribution in [0.3, 0.4) is 0 Å². The summed E-state index contributed by atoms with van der Waals surface area (Å²) in [4.78, 5) is 14.4. The van der Waals surface area contributed by atoms with Crippen molar-refractivity contribution in [3.63, 3.8) is 0 Å². The van der Waals surface area contributed by atoms with E-state index in [1.54, 1.807) is 35.8 Å². The maximum Gasteiger partial charge on any atom is 0.318 e. The number of likely N-dealkylation sites (tertiary alicyclic amines) is 1. The fourth-order valence-electron chi connectivity index (χ4n) is 3.36. The van der Waals surface area contributed by atoms with Crippen molar-refractivity contribution < 1.29 is 9.90 Å². The van der Waals surface area contributed by atoms with Crippen molar-refractivity contribution in [3.8, 4) is 5.69 Å². The summed E-state index contributed by atoms with van der Waals surface area (Å²) in [7, 11) is 0. The first kappa shape index (κ1) is 17.4. The second-order valence-corrected chi connectivity index (χ2v) is 7.12. The Morgan fingerprint density at radius 3 is 2.68 bits per heavy atom. The predicted octanol–water partition coefficient (Wildman–Crippen LogP) is 2.27. The molecule has 134 valence electrons. The highest BCUT2D eigenvalue weighted by Crippen LogP contribution is 2.27. The highest BCUT2D eigenvalue weighted by atomic mass is 16.3. The Morgan fingerprint density at radius 2 is 2.08 bits per heavy atom. The van der Waals surface area contributed by atoms with E-state index in [9.17, 15) is 9.90 Å². The summed E-state index contributed by atoms with van der Waals surface area (Å²) in [5.41, 5.74) is 1.04. The Hall–Kier alpha value is -2.41. The molecule has 0 bridgehead atoms. The largest absolute Gasteiger partial charge is 0.388 e. The molecular formula is C18H25N5O2. The topological polar surface area (TPSA) is 83.3 Å². The Balaban J connectivity index is 1.65. The maximum absolute atomic E-state index is 12.6. The van der Waals surface area contributed by atoms with Gasteiger partial charge in [0.2, 0.25) is 0 Å². The van der Waals surface area contributed by atoms with E-state index in [0.29, 0.717) is 6.54 Å². The average molecular weight is 343 g/mol. The van der Waals surface area contributed by atoms with Crippen molar-refractivity contribution in [1.29, 1.82) is 0 Å². The van der Waals surface area contributed by atoms with Crippen LogP contribution < -0.4 is 5.32 Å². The molecule has 0 radical (unpaired) electrons. The van der Waals surface area contributed by atoms with Crippen LogP contribution in [0, 0.1) is 0 Å². The number of aromatic nitrogens is 3. The van der Waals surface area contributed by atoms with Gasteiger partial charge in [0, 0.05) is 6.54 Å². The number of aliphatic hydroxyl groups is 1. The number of benzene rings is 1. The Labute approximate surface area is 147 Å². The maximum atomic E-state index is 12.6. The van der Waals surface area contributed by atoms with E-state index in [4.69, 9.17) is 0 Å². The van der Waals surface area contributed by atoms with Crippen molar-refractivity contribution in [2.45, 2.75) is 51.3 Å². The molecular weight excluding hydrogens is 318 g/mol. The predicted molar refractivity (Wildman–Crippen MR) is 94.3 cm³/mol. The van der Waals surface area contributed by atoms with Crippen LogP contribution in [0.5, 0.6) is 0 Å². The fourth-order valence-corrected chi connectivity index (χ4v) is 3.36. The van der Waals surface area contributed by atoms with E-state index >= 15 is 0 Å². The van der Waals surface area contributed by atoms with Gasteiger partial charge in [-0.15, -0.1) is 5.10 Å². The number of hydrogen-bond acceptors (Lipinski definition) is 4. The molecule has 2 N–H and O–H groups in total. The Kier molecular flexibility index (Phi) is 4.76. The zero-order valence-electron chi connectivity index (χ0n) is 14.9. The summed E-state index contributed by atoms with van der Waals surface area (Å²) in [6.07, 6.45) is 5.16. The Bertz CT molecular complexity index is 706. The summed E-state index contributed by atoms with van der Waals surface area (Å²) in [5.74, 6) is 0. The van der Waals surface area contributed by atoms with E-state index in [0.717, 1.165) is 24.1 Å². The van der Waals surface area contributed by atoms with Crippen LogP contribution in [0.15, 0.2) is 36.7 Å². The monoisotopic (exact) mass is 343 g/mol. The number of nitrogens with one attached hydrogen (secondary N) is 1. The quantitative estimate of drug-likeness (QED) is 0.892. The lowest BCUT2D eigenvalue weighted by Gasteiger charge is -2.34. The van der Waals surface area contributed by atoms with Crippen LogP contribution in [0.25, 0.3) is 5.69 Å². The molecule has 1 fully saturated rings. The zero-order chi connectivity index (χ0) is 18.0. The number of urea groups is 1. The van der Waals surface area contributed by atoms with Gasteiger partial charge in [0.15, 0.2) is 0 Å². The molecule has 7 nitrogen and oxygen atoms in total. The number of carbonyl (C=O) groups is 1. The van der Waals surface area contributed by atoms with Gasteiger partial charge in [-0.1, -0.05) is 17.3 Å². The molecule has 1 saturated heterocycles. The average Bonchev–Trinajstić information content (AvgIpc) is 3.26. The summed E-state index contributed by atoms with van der Waals surface area (Å²) in [6.45, 7) is 6.15. The SMILES string of the molecule is C[C@@H](NC(=O)N1CCC[C@@H]1C(C)(C)O)c1ccc(-n2ccnn2)cc1. The first-order valence-electron chi connectivity index (χ1n) is 8.62. The second kappa shape index (κ2) is 6.84. The number of amides is 2. The first-order valence-corrected chi connectivity index (χ1v) is 8.62. The molecule has 1 aromatic carbocycles. The molecule has 1 aliphatic heterocycles. The fraction of sp³-hybridized carbons (Fsp3) is 0.500. The van der Waals surface area contributed by atoms with Crippen LogP contribution in [0.1, 0.15) is 45.2 Å². The van der Waals surface area contributed by atoms with Gasteiger partial charge in [-0.2, -0.15) is 0 Å². The van der Waals surface area contributed by atoms with Gasteiger partial charge in [-0.05, 0) is 51.3 Å². The van der Waals surface area contributed by atoms with Gasteiger partial charge >= 0.3 is 6.03 Å². The van der Waals surface area contributed by atoms with Gasteiger partial charge in [0.05, 0.1) is 35.8 Å². The van der Waals surface area contributed by atoms with Crippen molar-refractivity contribution in [2.24, 2.45) is 0 Å². The minimum atomic E-state index is -0.892. The summed E-state index contributed by atoms with van der Waals surface area (Å²) < 4.78 is 1.69. The molecule has 7 heteroatoms. The van der Waals surface area contributed by atoms with Crippen molar-refractivity contribution in [1.82, 2.24) is 25.2 Å². The van der Waals surface area contributed by atoms with Gasteiger partial charge in [0.25, 0.3) is 0 Å². The lowest BCUT2D eigenvalue weighted by molar-refractivity contribution is 0.00951. The molecule has 0 saturated carbocycles. The van der Waals surface area contributed by atoms with Crippen LogP contribution in [-0.4, -0.2) is 49.2 Å². The van der Waals surface area contributed by atoms with E-state index < -0.39 is 5.60 Å². The van der Waals surface area contributed by atoms with Crippen LogP contribution in [0.4, 0.5) is 4.79 Å². The third-order valence-electron chi connectivity index (χ3n) is 4.75. The zero-order valence-corrected chi connectivity index (χ0v) is 14.9. The minimum Gasteiger partial charge on any atom is -0.388 e. The lowest BCUT2D eigenvalue weighted by atomic mass is 9.97. The summed E-state index contributed by atoms with van der Waals surface area (Å²) in [6, 6.07) is 7.44. The third-order valence-corrected chi connectivity index (χ3v) is 4.75.